The molecule has 0 atom stereocenters. The van der Waals surface area contributed by atoms with E-state index in [1.807, 2.05) is 0 Å². The zero-order chi connectivity index (χ0) is 22.5. The Balaban J connectivity index is 1.79. The number of carbonyl (C=O) groups is 3. The number of likely N-dealkylation sites (N-methyl/N-ethyl adjacent to an activating group) is 1. The normalized spacial score (nSPS) is 15.7. The Labute approximate surface area is 178 Å². The summed E-state index contributed by atoms with van der Waals surface area (Å²) in [4.78, 5) is 44.0. The third-order valence-corrected chi connectivity index (χ3v) is 5.75. The number of urea groups is 1. The van der Waals surface area contributed by atoms with Crippen molar-refractivity contribution in [2.75, 3.05) is 7.05 Å². The van der Waals surface area contributed by atoms with Crippen LogP contribution in [0, 0.1) is 5.82 Å². The number of halogens is 1. The first-order valence-electron chi connectivity index (χ1n) is 9.69. The molecular formula is C23H21FN4O3. The van der Waals surface area contributed by atoms with Gasteiger partial charge in [-0.25, -0.2) is 14.2 Å². The molecule has 0 unspecified atom stereocenters. The van der Waals surface area contributed by atoms with Crippen molar-refractivity contribution in [2.24, 2.45) is 5.73 Å². The van der Waals surface area contributed by atoms with Crippen molar-refractivity contribution in [3.05, 3.63) is 65.6 Å². The SMILES string of the molecule is CN1C(=O)N(Cc2ccc3c(-c4ccc(F)cc4)cc(C(N)=O)nc3c2)C(=O)C1(C)C. The molecule has 7 nitrogen and oxygen atoms in total. The van der Waals surface area contributed by atoms with Crippen LogP contribution >= 0.6 is 0 Å². The maximum absolute atomic E-state index is 13.4. The standard InChI is InChI=1S/C23H21FN4O3/c1-23(2)21(30)28(22(31)27(23)3)12-13-4-9-16-17(14-5-7-15(24)8-6-14)11-19(20(25)29)26-18(16)10-13/h4-11H,12H2,1-3H3,(H2,25,29). The highest BCUT2D eigenvalue weighted by Crippen LogP contribution is 2.31. The average Bonchev–Trinajstić information content (AvgIpc) is 2.88. The summed E-state index contributed by atoms with van der Waals surface area (Å²) in [6.45, 7) is 3.47. The lowest BCUT2D eigenvalue weighted by Gasteiger charge is -2.22. The number of hydrogen-bond acceptors (Lipinski definition) is 4. The number of aromatic nitrogens is 1. The molecule has 1 saturated heterocycles. The van der Waals surface area contributed by atoms with Crippen LogP contribution in [0.1, 0.15) is 29.9 Å². The van der Waals surface area contributed by atoms with E-state index in [1.54, 1.807) is 57.3 Å². The molecule has 1 aromatic heterocycles. The lowest BCUT2D eigenvalue weighted by molar-refractivity contribution is -0.132. The predicted octanol–water partition coefficient (Wildman–Crippen LogP) is 3.31. The van der Waals surface area contributed by atoms with Crippen LogP contribution in [-0.2, 0) is 11.3 Å². The van der Waals surface area contributed by atoms with Gasteiger partial charge in [0.25, 0.3) is 11.8 Å². The van der Waals surface area contributed by atoms with Crippen LogP contribution in [0.4, 0.5) is 9.18 Å². The number of nitrogens with two attached hydrogens (primary N) is 1. The third kappa shape index (κ3) is 3.39. The second-order valence-electron chi connectivity index (χ2n) is 8.07. The molecule has 0 aliphatic carbocycles. The fourth-order valence-electron chi connectivity index (χ4n) is 3.67. The molecule has 1 fully saturated rings. The lowest BCUT2D eigenvalue weighted by Crippen LogP contribution is -2.41. The second kappa shape index (κ2) is 7.16. The summed E-state index contributed by atoms with van der Waals surface area (Å²) in [5.74, 6) is -1.35. The van der Waals surface area contributed by atoms with Crippen LogP contribution in [0.3, 0.4) is 0 Å². The summed E-state index contributed by atoms with van der Waals surface area (Å²) in [7, 11) is 1.59. The summed E-state index contributed by atoms with van der Waals surface area (Å²) in [6.07, 6.45) is 0. The van der Waals surface area contributed by atoms with Gasteiger partial charge in [0.15, 0.2) is 0 Å². The Morgan fingerprint density at radius 2 is 1.77 bits per heavy atom. The van der Waals surface area contributed by atoms with Gasteiger partial charge in [-0.2, -0.15) is 0 Å². The quantitative estimate of drug-likeness (QED) is 0.655. The van der Waals surface area contributed by atoms with E-state index >= 15 is 0 Å². The molecule has 31 heavy (non-hydrogen) atoms. The fraction of sp³-hybridized carbons (Fsp3) is 0.217. The van der Waals surface area contributed by atoms with Gasteiger partial charge in [0, 0.05) is 12.4 Å². The molecule has 0 saturated carbocycles. The molecular weight excluding hydrogens is 399 g/mol. The van der Waals surface area contributed by atoms with E-state index in [9.17, 15) is 18.8 Å². The summed E-state index contributed by atoms with van der Waals surface area (Å²) in [5, 5.41) is 0.733. The molecule has 3 aromatic rings. The van der Waals surface area contributed by atoms with Gasteiger partial charge in [0.05, 0.1) is 12.1 Å². The molecule has 0 spiro atoms. The number of hydrogen-bond donors (Lipinski definition) is 1. The van der Waals surface area contributed by atoms with E-state index in [0.717, 1.165) is 5.39 Å². The van der Waals surface area contributed by atoms with Gasteiger partial charge in [-0.1, -0.05) is 24.3 Å². The van der Waals surface area contributed by atoms with Crippen LogP contribution in [0.2, 0.25) is 0 Å². The van der Waals surface area contributed by atoms with Crippen molar-refractivity contribution in [1.82, 2.24) is 14.8 Å². The minimum atomic E-state index is -0.916. The smallest absolute Gasteiger partial charge is 0.327 e. The molecule has 4 amide bonds. The molecule has 2 aromatic carbocycles. The van der Waals surface area contributed by atoms with Crippen molar-refractivity contribution in [3.63, 3.8) is 0 Å². The number of primary amides is 1. The first-order chi connectivity index (χ1) is 14.6. The van der Waals surface area contributed by atoms with Crippen molar-refractivity contribution in [2.45, 2.75) is 25.9 Å². The van der Waals surface area contributed by atoms with Crippen LogP contribution in [0.5, 0.6) is 0 Å². The number of benzene rings is 2. The van der Waals surface area contributed by atoms with Gasteiger partial charge in [-0.15, -0.1) is 0 Å². The number of amides is 4. The third-order valence-electron chi connectivity index (χ3n) is 5.75. The highest BCUT2D eigenvalue weighted by molar-refractivity contribution is 6.06. The maximum atomic E-state index is 13.4. The Bertz CT molecular complexity index is 1240. The minimum Gasteiger partial charge on any atom is -0.364 e. The van der Waals surface area contributed by atoms with Gasteiger partial charge in [-0.05, 0) is 54.8 Å². The summed E-state index contributed by atoms with van der Waals surface area (Å²) < 4.78 is 13.4. The topological polar surface area (TPSA) is 96.6 Å². The van der Waals surface area contributed by atoms with E-state index < -0.39 is 11.4 Å². The lowest BCUT2D eigenvalue weighted by atomic mass is 9.98. The van der Waals surface area contributed by atoms with Gasteiger partial charge in [-0.3, -0.25) is 14.5 Å². The van der Waals surface area contributed by atoms with Crippen LogP contribution in [0.25, 0.3) is 22.0 Å². The van der Waals surface area contributed by atoms with Crippen LogP contribution in [0.15, 0.2) is 48.5 Å². The van der Waals surface area contributed by atoms with E-state index in [1.165, 1.54) is 21.9 Å². The van der Waals surface area contributed by atoms with Gasteiger partial charge >= 0.3 is 6.03 Å². The Hall–Kier alpha value is -3.81. The molecule has 158 valence electrons. The Morgan fingerprint density at radius 1 is 1.10 bits per heavy atom. The molecule has 1 aliphatic rings. The van der Waals surface area contributed by atoms with E-state index in [-0.39, 0.29) is 30.0 Å². The second-order valence-corrected chi connectivity index (χ2v) is 8.07. The predicted molar refractivity (Wildman–Crippen MR) is 113 cm³/mol. The average molecular weight is 420 g/mol. The fourth-order valence-corrected chi connectivity index (χ4v) is 3.67. The zero-order valence-electron chi connectivity index (χ0n) is 17.3. The highest BCUT2D eigenvalue weighted by Gasteiger charge is 2.49. The molecule has 8 heteroatoms. The van der Waals surface area contributed by atoms with E-state index in [0.29, 0.717) is 22.2 Å². The molecule has 2 N–H and O–H groups in total. The van der Waals surface area contributed by atoms with E-state index in [4.69, 9.17) is 5.73 Å². The molecule has 0 radical (unpaired) electrons. The largest absolute Gasteiger partial charge is 0.364 e. The number of fused-ring (bicyclic) bond motifs is 1. The number of rotatable bonds is 4. The first kappa shape index (κ1) is 20.5. The van der Waals surface area contributed by atoms with E-state index in [2.05, 4.69) is 4.98 Å². The number of imide groups is 1. The summed E-state index contributed by atoms with van der Waals surface area (Å²) in [6, 6.07) is 12.4. The van der Waals surface area contributed by atoms with Crippen molar-refractivity contribution >= 4 is 28.7 Å². The van der Waals surface area contributed by atoms with Gasteiger partial charge in [0.1, 0.15) is 17.1 Å². The van der Waals surface area contributed by atoms with Crippen LogP contribution < -0.4 is 5.73 Å². The van der Waals surface area contributed by atoms with Crippen molar-refractivity contribution in [3.8, 4) is 11.1 Å². The van der Waals surface area contributed by atoms with Crippen molar-refractivity contribution in [1.29, 1.82) is 0 Å². The molecule has 1 aliphatic heterocycles. The number of carbonyl (C=O) groups excluding carboxylic acids is 3. The Morgan fingerprint density at radius 3 is 2.35 bits per heavy atom. The number of pyridine rings is 1. The first-order valence-corrected chi connectivity index (χ1v) is 9.69. The minimum absolute atomic E-state index is 0.0677. The monoisotopic (exact) mass is 420 g/mol. The highest BCUT2D eigenvalue weighted by atomic mass is 19.1. The summed E-state index contributed by atoms with van der Waals surface area (Å²) >= 11 is 0. The van der Waals surface area contributed by atoms with Gasteiger partial charge < -0.3 is 10.6 Å². The molecule has 0 bridgehead atoms. The number of nitrogens with zero attached hydrogens (tertiary/aromatic N) is 3. The molecule has 4 rings (SSSR count). The van der Waals surface area contributed by atoms with Crippen LogP contribution in [-0.4, -0.2) is 45.2 Å². The Kier molecular flexibility index (Phi) is 4.72. The zero-order valence-corrected chi connectivity index (χ0v) is 17.3. The van der Waals surface area contributed by atoms with Crippen molar-refractivity contribution < 1.29 is 18.8 Å². The maximum Gasteiger partial charge on any atom is 0.327 e. The molecule has 2 heterocycles. The summed E-state index contributed by atoms with van der Waals surface area (Å²) in [5.41, 5.74) is 7.17. The van der Waals surface area contributed by atoms with Gasteiger partial charge in [0.2, 0.25) is 0 Å².